The van der Waals surface area contributed by atoms with Crippen LogP contribution in [-0.4, -0.2) is 26.8 Å². The summed E-state index contributed by atoms with van der Waals surface area (Å²) in [4.78, 5) is 4.62. The zero-order valence-corrected chi connectivity index (χ0v) is 14.5. The summed E-state index contributed by atoms with van der Waals surface area (Å²) in [5.41, 5.74) is 4.43. The highest BCUT2D eigenvalue weighted by molar-refractivity contribution is 5.95. The van der Waals surface area contributed by atoms with E-state index in [1.165, 1.54) is 0 Å². The first-order valence-electron chi connectivity index (χ1n) is 8.87. The van der Waals surface area contributed by atoms with Crippen molar-refractivity contribution in [2.45, 2.75) is 12.6 Å². The van der Waals surface area contributed by atoms with E-state index in [0.717, 1.165) is 44.9 Å². The summed E-state index contributed by atoms with van der Waals surface area (Å²) in [7, 11) is 0. The fourth-order valence-corrected chi connectivity index (χ4v) is 3.58. The molecule has 1 atom stereocenters. The average Bonchev–Trinajstić information content (AvgIpc) is 3.16. The largest absolute Gasteiger partial charge is 0.457 e. The number of aliphatic hydroxyl groups is 1. The van der Waals surface area contributed by atoms with Gasteiger partial charge < -0.3 is 15.2 Å². The molecule has 0 saturated carbocycles. The minimum Gasteiger partial charge on any atom is -0.457 e. The van der Waals surface area contributed by atoms with Crippen LogP contribution in [0.3, 0.4) is 0 Å². The summed E-state index contributed by atoms with van der Waals surface area (Å²) < 4.78 is 5.89. The summed E-state index contributed by atoms with van der Waals surface area (Å²) in [5, 5.41) is 21.8. The summed E-state index contributed by atoms with van der Waals surface area (Å²) in [6, 6.07) is 17.6. The normalized spacial score (nSPS) is 16.3. The lowest BCUT2D eigenvalue weighted by Crippen LogP contribution is -2.29. The van der Waals surface area contributed by atoms with Crippen LogP contribution < -0.4 is 10.1 Å². The van der Waals surface area contributed by atoms with Gasteiger partial charge in [-0.2, -0.15) is 5.10 Å². The molecule has 6 heteroatoms. The molecule has 0 bridgehead atoms. The number of fused-ring (bicyclic) bond motifs is 2. The molecule has 1 aliphatic heterocycles. The quantitative estimate of drug-likeness (QED) is 0.522. The second-order valence-corrected chi connectivity index (χ2v) is 6.57. The zero-order valence-electron chi connectivity index (χ0n) is 14.5. The van der Waals surface area contributed by atoms with Crippen molar-refractivity contribution in [2.75, 3.05) is 6.54 Å². The molecular weight excluding hydrogens is 340 g/mol. The first-order valence-corrected chi connectivity index (χ1v) is 8.87. The number of nitrogens with zero attached hydrogens (tertiary/aromatic N) is 2. The van der Waals surface area contributed by atoms with Crippen LogP contribution in [0, 0.1) is 0 Å². The molecule has 0 fully saturated rings. The summed E-state index contributed by atoms with van der Waals surface area (Å²) in [5.74, 6) is 1.56. The van der Waals surface area contributed by atoms with Gasteiger partial charge >= 0.3 is 0 Å². The topological polar surface area (TPSA) is 83.1 Å². The third kappa shape index (κ3) is 2.85. The fraction of sp³-hybridized carbons (Fsp3) is 0.143. The lowest BCUT2D eigenvalue weighted by molar-refractivity contribution is 0.165. The molecule has 2 aromatic carbocycles. The molecule has 0 aliphatic carbocycles. The Hall–Kier alpha value is -3.22. The third-order valence-corrected chi connectivity index (χ3v) is 4.80. The molecule has 3 heterocycles. The Labute approximate surface area is 155 Å². The number of aromatic amines is 1. The average molecular weight is 358 g/mol. The number of rotatable bonds is 3. The number of nitrogens with one attached hydrogen (secondary N) is 2. The highest BCUT2D eigenvalue weighted by Crippen LogP contribution is 2.38. The number of hydrogen-bond acceptors (Lipinski definition) is 5. The molecule has 5 rings (SSSR count). The fourth-order valence-electron chi connectivity index (χ4n) is 3.58. The number of para-hydroxylation sites is 1. The van der Waals surface area contributed by atoms with Gasteiger partial charge in [-0.1, -0.05) is 30.3 Å². The van der Waals surface area contributed by atoms with Crippen LogP contribution in [0.1, 0.15) is 17.4 Å². The minimum atomic E-state index is -0.601. The molecular formula is C21H18N4O2. The first-order chi connectivity index (χ1) is 13.3. The van der Waals surface area contributed by atoms with Gasteiger partial charge in [0, 0.05) is 29.6 Å². The summed E-state index contributed by atoms with van der Waals surface area (Å²) in [6.07, 6.45) is 1.16. The van der Waals surface area contributed by atoms with Gasteiger partial charge in [-0.15, -0.1) is 0 Å². The van der Waals surface area contributed by atoms with Crippen molar-refractivity contribution in [3.05, 3.63) is 72.1 Å². The molecule has 0 radical (unpaired) electrons. The monoisotopic (exact) mass is 358 g/mol. The van der Waals surface area contributed by atoms with Crippen LogP contribution in [0.15, 0.2) is 60.8 Å². The van der Waals surface area contributed by atoms with Crippen molar-refractivity contribution in [1.29, 1.82) is 0 Å². The maximum Gasteiger partial charge on any atom is 0.156 e. The van der Waals surface area contributed by atoms with E-state index in [-0.39, 0.29) is 0 Å². The second kappa shape index (κ2) is 6.50. The van der Waals surface area contributed by atoms with Crippen LogP contribution in [0.5, 0.6) is 11.5 Å². The number of hydrogen-bond donors (Lipinski definition) is 3. The molecule has 0 spiro atoms. The van der Waals surface area contributed by atoms with E-state index in [9.17, 15) is 5.11 Å². The van der Waals surface area contributed by atoms with Crippen molar-refractivity contribution < 1.29 is 9.84 Å². The number of H-pyrrole nitrogens is 1. The van der Waals surface area contributed by atoms with Crippen LogP contribution in [0.4, 0.5) is 0 Å². The predicted octanol–water partition coefficient (Wildman–Crippen LogP) is 3.55. The van der Waals surface area contributed by atoms with E-state index in [2.05, 4.69) is 20.5 Å². The molecule has 0 saturated heterocycles. The number of β-amino-alcohol motifs (C(OH)–C–C–N with tert-alkyl or cyclic N) is 1. The minimum absolute atomic E-state index is 0.514. The molecule has 27 heavy (non-hydrogen) atoms. The van der Waals surface area contributed by atoms with Crippen molar-refractivity contribution in [2.24, 2.45) is 0 Å². The maximum atomic E-state index is 10.6. The Morgan fingerprint density at radius 3 is 2.59 bits per heavy atom. The van der Waals surface area contributed by atoms with Crippen molar-refractivity contribution in [3.8, 4) is 22.6 Å². The molecule has 4 aromatic rings. The van der Waals surface area contributed by atoms with Gasteiger partial charge in [-0.3, -0.25) is 5.10 Å². The van der Waals surface area contributed by atoms with Gasteiger partial charge in [-0.25, -0.2) is 4.98 Å². The van der Waals surface area contributed by atoms with Crippen LogP contribution >= 0.6 is 0 Å². The molecule has 0 amide bonds. The molecule has 2 aromatic heterocycles. The second-order valence-electron chi connectivity index (χ2n) is 6.57. The maximum absolute atomic E-state index is 10.6. The highest BCUT2D eigenvalue weighted by atomic mass is 16.5. The predicted molar refractivity (Wildman–Crippen MR) is 103 cm³/mol. The van der Waals surface area contributed by atoms with Gasteiger partial charge in [0.05, 0.1) is 18.0 Å². The molecule has 1 aliphatic rings. The highest BCUT2D eigenvalue weighted by Gasteiger charge is 2.26. The van der Waals surface area contributed by atoms with E-state index >= 15 is 0 Å². The van der Waals surface area contributed by atoms with E-state index < -0.39 is 6.10 Å². The van der Waals surface area contributed by atoms with Crippen molar-refractivity contribution in [1.82, 2.24) is 20.5 Å². The van der Waals surface area contributed by atoms with Crippen LogP contribution in [0.25, 0.3) is 22.2 Å². The van der Waals surface area contributed by atoms with E-state index in [4.69, 9.17) is 4.74 Å². The van der Waals surface area contributed by atoms with E-state index in [0.29, 0.717) is 13.1 Å². The van der Waals surface area contributed by atoms with Crippen molar-refractivity contribution in [3.63, 3.8) is 0 Å². The smallest absolute Gasteiger partial charge is 0.156 e. The number of benzene rings is 2. The van der Waals surface area contributed by atoms with Crippen LogP contribution in [-0.2, 0) is 6.54 Å². The van der Waals surface area contributed by atoms with Gasteiger partial charge in [0.1, 0.15) is 11.5 Å². The Balaban J connectivity index is 1.59. The number of aliphatic hydroxyl groups excluding tert-OH is 1. The Kier molecular flexibility index (Phi) is 3.85. The SMILES string of the molecule is OC1CNCc2nc3[nH]ncc3c(-c3ccc(Oc4ccccc4)cc3)c21. The van der Waals surface area contributed by atoms with Gasteiger partial charge in [0.15, 0.2) is 5.65 Å². The van der Waals surface area contributed by atoms with E-state index in [1.54, 1.807) is 6.20 Å². The van der Waals surface area contributed by atoms with E-state index in [1.807, 2.05) is 54.6 Å². The third-order valence-electron chi connectivity index (χ3n) is 4.80. The Morgan fingerprint density at radius 1 is 1.00 bits per heavy atom. The molecule has 6 nitrogen and oxygen atoms in total. The molecule has 1 unspecified atom stereocenters. The molecule has 134 valence electrons. The van der Waals surface area contributed by atoms with Crippen molar-refractivity contribution >= 4 is 11.0 Å². The number of aromatic nitrogens is 3. The Morgan fingerprint density at radius 2 is 1.78 bits per heavy atom. The standard InChI is InChI=1S/C21H18N4O2/c26-18-12-22-11-17-20(18)19(16-10-23-25-21(16)24-17)13-6-8-15(9-7-13)27-14-4-2-1-3-5-14/h1-10,18,22,26H,11-12H2,(H,23,24,25). The Bertz CT molecular complexity index is 1090. The zero-order chi connectivity index (χ0) is 18.2. The molecule has 3 N–H and O–H groups in total. The number of pyridine rings is 1. The van der Waals surface area contributed by atoms with Gasteiger partial charge in [-0.05, 0) is 29.8 Å². The number of ether oxygens (including phenoxy) is 1. The van der Waals surface area contributed by atoms with Gasteiger partial charge in [0.25, 0.3) is 0 Å². The summed E-state index contributed by atoms with van der Waals surface area (Å²) in [6.45, 7) is 1.14. The van der Waals surface area contributed by atoms with Crippen LogP contribution in [0.2, 0.25) is 0 Å². The summed E-state index contributed by atoms with van der Waals surface area (Å²) >= 11 is 0. The van der Waals surface area contributed by atoms with Gasteiger partial charge in [0.2, 0.25) is 0 Å². The first kappa shape index (κ1) is 16.0. The lowest BCUT2D eigenvalue weighted by Gasteiger charge is -2.25. The lowest BCUT2D eigenvalue weighted by atomic mass is 9.91.